The Labute approximate surface area is 147 Å². The number of hydrogen-bond donors (Lipinski definition) is 2. The van der Waals surface area contributed by atoms with E-state index in [1.165, 1.54) is 4.90 Å². The fourth-order valence-electron chi connectivity index (χ4n) is 2.76. The van der Waals surface area contributed by atoms with E-state index in [1.807, 2.05) is 6.20 Å². The smallest absolute Gasteiger partial charge is 0.329 e. The summed E-state index contributed by atoms with van der Waals surface area (Å²) >= 11 is 1.71. The first-order valence-corrected chi connectivity index (χ1v) is 8.77. The van der Waals surface area contributed by atoms with Gasteiger partial charge in [0.05, 0.1) is 12.2 Å². The quantitative estimate of drug-likeness (QED) is 0.795. The van der Waals surface area contributed by atoms with Gasteiger partial charge in [-0.3, -0.25) is 19.8 Å². The lowest BCUT2D eigenvalue weighted by molar-refractivity contribution is -0.117. The molecule has 1 aromatic carbocycles. The molecule has 0 bridgehead atoms. The summed E-state index contributed by atoms with van der Waals surface area (Å²) in [4.78, 5) is 40.9. The van der Waals surface area contributed by atoms with Gasteiger partial charge in [-0.25, -0.2) is 9.78 Å². The number of rotatable bonds is 4. The number of nitrogens with one attached hydrogen (secondary N) is 2. The third kappa shape index (κ3) is 3.10. The summed E-state index contributed by atoms with van der Waals surface area (Å²) < 4.78 is 2.09. The van der Waals surface area contributed by atoms with Gasteiger partial charge in [0.1, 0.15) is 6.54 Å². The molecule has 1 saturated heterocycles. The molecule has 2 aliphatic heterocycles. The normalized spacial score (nSPS) is 16.1. The third-order valence-corrected chi connectivity index (χ3v) is 4.99. The molecule has 2 aromatic rings. The maximum absolute atomic E-state index is 12.2. The van der Waals surface area contributed by atoms with Crippen molar-refractivity contribution in [1.29, 1.82) is 0 Å². The van der Waals surface area contributed by atoms with E-state index in [0.717, 1.165) is 23.1 Å². The summed E-state index contributed by atoms with van der Waals surface area (Å²) in [6.07, 6.45) is 1.96. The SMILES string of the molecule is O=C1CN(c2ccc(C(=O)NCc3cn4c(n3)SCC4)cc2)C(=O)N1. The van der Waals surface area contributed by atoms with Gasteiger partial charge >= 0.3 is 6.03 Å². The fraction of sp³-hybridized carbons (Fsp3) is 0.250. The zero-order valence-electron chi connectivity index (χ0n) is 13.2. The molecule has 1 fully saturated rings. The van der Waals surface area contributed by atoms with Crippen LogP contribution in [0.25, 0.3) is 0 Å². The number of nitrogens with zero attached hydrogens (tertiary/aromatic N) is 3. The van der Waals surface area contributed by atoms with E-state index in [4.69, 9.17) is 0 Å². The van der Waals surface area contributed by atoms with Crippen LogP contribution in [0.15, 0.2) is 35.6 Å². The summed E-state index contributed by atoms with van der Waals surface area (Å²) in [7, 11) is 0. The van der Waals surface area contributed by atoms with Crippen molar-refractivity contribution in [2.45, 2.75) is 18.2 Å². The molecule has 25 heavy (non-hydrogen) atoms. The van der Waals surface area contributed by atoms with Crippen LogP contribution >= 0.6 is 11.8 Å². The molecule has 0 atom stereocenters. The molecule has 0 aliphatic carbocycles. The number of imide groups is 1. The van der Waals surface area contributed by atoms with E-state index in [9.17, 15) is 14.4 Å². The lowest BCUT2D eigenvalue weighted by atomic mass is 10.2. The molecule has 3 heterocycles. The predicted molar refractivity (Wildman–Crippen MR) is 91.4 cm³/mol. The fourth-order valence-corrected chi connectivity index (χ4v) is 3.72. The van der Waals surface area contributed by atoms with Crippen LogP contribution in [0.3, 0.4) is 0 Å². The molecule has 0 spiro atoms. The Bertz CT molecular complexity index is 840. The van der Waals surface area contributed by atoms with Crippen LogP contribution in [0.1, 0.15) is 16.1 Å². The standard InChI is InChI=1S/C16H15N5O3S/c22-13-9-21(15(24)19-13)12-3-1-10(2-4-12)14(23)17-7-11-8-20-5-6-25-16(20)18-11/h1-4,8H,5-7,9H2,(H,17,23)(H,19,22,24). The molecule has 2 aliphatic rings. The molecule has 1 aromatic heterocycles. The van der Waals surface area contributed by atoms with E-state index in [0.29, 0.717) is 17.8 Å². The number of benzene rings is 1. The highest BCUT2D eigenvalue weighted by atomic mass is 32.2. The van der Waals surface area contributed by atoms with E-state index >= 15 is 0 Å². The second-order valence-electron chi connectivity index (χ2n) is 5.73. The van der Waals surface area contributed by atoms with Crippen LogP contribution in [0.2, 0.25) is 0 Å². The Hall–Kier alpha value is -2.81. The second kappa shape index (κ2) is 6.25. The van der Waals surface area contributed by atoms with Crippen molar-refractivity contribution < 1.29 is 14.4 Å². The third-order valence-electron chi connectivity index (χ3n) is 4.02. The molecule has 0 radical (unpaired) electrons. The number of amides is 4. The molecular formula is C16H15N5O3S. The first-order chi connectivity index (χ1) is 12.1. The number of anilines is 1. The van der Waals surface area contributed by atoms with Crippen molar-refractivity contribution >= 4 is 35.3 Å². The van der Waals surface area contributed by atoms with Gasteiger partial charge in [0, 0.05) is 29.7 Å². The Morgan fingerprint density at radius 3 is 2.76 bits per heavy atom. The summed E-state index contributed by atoms with van der Waals surface area (Å²) in [5, 5.41) is 6.05. The van der Waals surface area contributed by atoms with Gasteiger partial charge in [-0.15, -0.1) is 0 Å². The summed E-state index contributed by atoms with van der Waals surface area (Å²) in [6, 6.07) is 6.10. The van der Waals surface area contributed by atoms with Crippen molar-refractivity contribution in [2.75, 3.05) is 17.2 Å². The molecule has 0 unspecified atom stereocenters. The molecule has 8 nitrogen and oxygen atoms in total. The van der Waals surface area contributed by atoms with Gasteiger partial charge in [-0.05, 0) is 24.3 Å². The number of hydrogen-bond acceptors (Lipinski definition) is 5. The average molecular weight is 357 g/mol. The summed E-state index contributed by atoms with van der Waals surface area (Å²) in [5.74, 6) is 0.494. The zero-order valence-corrected chi connectivity index (χ0v) is 14.0. The lowest BCUT2D eigenvalue weighted by Gasteiger charge is -2.13. The molecule has 2 N–H and O–H groups in total. The highest BCUT2D eigenvalue weighted by Crippen LogP contribution is 2.24. The number of carbonyl (C=O) groups excluding carboxylic acids is 3. The molecule has 4 amide bonds. The van der Waals surface area contributed by atoms with Crippen molar-refractivity contribution in [3.05, 3.63) is 41.7 Å². The minimum atomic E-state index is -0.451. The maximum atomic E-state index is 12.2. The molecule has 9 heteroatoms. The van der Waals surface area contributed by atoms with Gasteiger partial charge in [0.25, 0.3) is 5.91 Å². The Morgan fingerprint density at radius 2 is 2.08 bits per heavy atom. The number of imidazole rings is 1. The van der Waals surface area contributed by atoms with Gasteiger partial charge in [-0.1, -0.05) is 11.8 Å². The van der Waals surface area contributed by atoms with Crippen LogP contribution < -0.4 is 15.5 Å². The van der Waals surface area contributed by atoms with Crippen molar-refractivity contribution in [3.8, 4) is 0 Å². The van der Waals surface area contributed by atoms with Crippen LogP contribution in [-0.4, -0.2) is 39.7 Å². The van der Waals surface area contributed by atoms with Crippen molar-refractivity contribution in [1.82, 2.24) is 20.2 Å². The van der Waals surface area contributed by atoms with Crippen LogP contribution in [0.5, 0.6) is 0 Å². The van der Waals surface area contributed by atoms with E-state index < -0.39 is 6.03 Å². The lowest BCUT2D eigenvalue weighted by Crippen LogP contribution is -2.28. The first kappa shape index (κ1) is 15.7. The number of carbonyl (C=O) groups is 3. The number of aromatic nitrogens is 2. The topological polar surface area (TPSA) is 96.3 Å². The molecule has 4 rings (SSSR count). The van der Waals surface area contributed by atoms with E-state index in [2.05, 4.69) is 20.2 Å². The maximum Gasteiger partial charge on any atom is 0.329 e. The van der Waals surface area contributed by atoms with Crippen LogP contribution in [0, 0.1) is 0 Å². The number of fused-ring (bicyclic) bond motifs is 1. The Balaban J connectivity index is 1.38. The summed E-state index contributed by atoms with van der Waals surface area (Å²) in [6.45, 7) is 1.31. The zero-order chi connectivity index (χ0) is 17.4. The highest BCUT2D eigenvalue weighted by molar-refractivity contribution is 7.99. The van der Waals surface area contributed by atoms with E-state index in [1.54, 1.807) is 36.0 Å². The minimum absolute atomic E-state index is 0.00657. The number of urea groups is 1. The van der Waals surface area contributed by atoms with Crippen molar-refractivity contribution in [2.24, 2.45) is 0 Å². The predicted octanol–water partition coefficient (Wildman–Crippen LogP) is 0.975. The first-order valence-electron chi connectivity index (χ1n) is 7.78. The molecular weight excluding hydrogens is 342 g/mol. The second-order valence-corrected chi connectivity index (χ2v) is 6.79. The Kier molecular flexibility index (Phi) is 3.92. The van der Waals surface area contributed by atoms with Crippen molar-refractivity contribution in [3.63, 3.8) is 0 Å². The van der Waals surface area contributed by atoms with Crippen LogP contribution in [-0.2, 0) is 17.9 Å². The number of thioether (sulfide) groups is 1. The number of aryl methyl sites for hydroxylation is 1. The molecule has 128 valence electrons. The van der Waals surface area contributed by atoms with E-state index in [-0.39, 0.29) is 18.4 Å². The monoisotopic (exact) mass is 357 g/mol. The minimum Gasteiger partial charge on any atom is -0.346 e. The van der Waals surface area contributed by atoms with Gasteiger partial charge < -0.3 is 9.88 Å². The molecule has 0 saturated carbocycles. The highest BCUT2D eigenvalue weighted by Gasteiger charge is 2.27. The van der Waals surface area contributed by atoms with Gasteiger partial charge in [0.15, 0.2) is 5.16 Å². The Morgan fingerprint density at radius 1 is 1.28 bits per heavy atom. The largest absolute Gasteiger partial charge is 0.346 e. The van der Waals surface area contributed by atoms with Gasteiger partial charge in [-0.2, -0.15) is 0 Å². The van der Waals surface area contributed by atoms with Gasteiger partial charge in [0.2, 0.25) is 5.91 Å². The average Bonchev–Trinajstić information content (AvgIpc) is 3.27. The summed E-state index contributed by atoms with van der Waals surface area (Å²) in [5.41, 5.74) is 1.89. The van der Waals surface area contributed by atoms with Crippen LogP contribution in [0.4, 0.5) is 10.5 Å².